The number of methoxy groups -OCH3 is 1. The highest BCUT2D eigenvalue weighted by atomic mass is 19.4. The van der Waals surface area contributed by atoms with Crippen molar-refractivity contribution in [3.8, 4) is 17.2 Å². The Kier molecular flexibility index (Phi) is 5.48. The molecule has 1 heterocycles. The second-order valence-electron chi connectivity index (χ2n) is 6.24. The molecular formula is C19H21F3N2O3. The Bertz CT molecular complexity index is 781. The van der Waals surface area contributed by atoms with Crippen molar-refractivity contribution in [3.63, 3.8) is 0 Å². The van der Waals surface area contributed by atoms with Crippen molar-refractivity contribution < 1.29 is 27.8 Å². The Hall–Kier alpha value is -2.45. The third-order valence-electron chi connectivity index (χ3n) is 4.61. The summed E-state index contributed by atoms with van der Waals surface area (Å²) >= 11 is 0. The molecule has 0 radical (unpaired) electrons. The molecule has 5 nitrogen and oxygen atoms in total. The van der Waals surface area contributed by atoms with E-state index in [-0.39, 0.29) is 5.75 Å². The Morgan fingerprint density at radius 1 is 1.04 bits per heavy atom. The van der Waals surface area contributed by atoms with E-state index in [1.54, 1.807) is 43.3 Å². The molecular weight excluding hydrogens is 361 g/mol. The topological polar surface area (TPSA) is 62.8 Å². The van der Waals surface area contributed by atoms with Crippen LogP contribution in [0.25, 0.3) is 0 Å². The van der Waals surface area contributed by atoms with E-state index in [0.717, 1.165) is 0 Å². The molecule has 1 saturated heterocycles. The van der Waals surface area contributed by atoms with Crippen molar-refractivity contribution in [2.45, 2.75) is 31.1 Å². The number of nitrogens with one attached hydrogen (secondary N) is 2. The van der Waals surface area contributed by atoms with Crippen LogP contribution in [0, 0.1) is 0 Å². The van der Waals surface area contributed by atoms with Gasteiger partial charge in [-0.3, -0.25) is 0 Å². The fourth-order valence-electron chi connectivity index (χ4n) is 3.36. The standard InChI is InChI=1S/C19H21F3N2O3/c1-3-27-13-8-9-14(15(25)10-13)17-16(18(24-23-17)19(20,21)22)11-4-6-12(26-2)7-5-11/h4-10,16-18,23-25H,3H2,1-2H3. The average molecular weight is 382 g/mol. The minimum absolute atomic E-state index is 0.124. The van der Waals surface area contributed by atoms with Crippen molar-refractivity contribution in [1.29, 1.82) is 0 Å². The van der Waals surface area contributed by atoms with Gasteiger partial charge in [0.25, 0.3) is 0 Å². The van der Waals surface area contributed by atoms with Gasteiger partial charge >= 0.3 is 6.18 Å². The smallest absolute Gasteiger partial charge is 0.405 e. The minimum atomic E-state index is -4.47. The quantitative estimate of drug-likeness (QED) is 0.737. The molecule has 0 aliphatic carbocycles. The summed E-state index contributed by atoms with van der Waals surface area (Å²) in [4.78, 5) is 0. The van der Waals surface area contributed by atoms with Gasteiger partial charge < -0.3 is 14.6 Å². The first-order valence-corrected chi connectivity index (χ1v) is 8.52. The maximum atomic E-state index is 13.6. The normalized spacial score (nSPS) is 22.6. The number of alkyl halides is 3. The summed E-state index contributed by atoms with van der Waals surface area (Å²) in [5.41, 5.74) is 5.88. The zero-order chi connectivity index (χ0) is 19.6. The lowest BCUT2D eigenvalue weighted by Crippen LogP contribution is -2.43. The van der Waals surface area contributed by atoms with Gasteiger partial charge in [-0.2, -0.15) is 13.2 Å². The minimum Gasteiger partial charge on any atom is -0.507 e. The number of hydrogen-bond donors (Lipinski definition) is 3. The predicted octanol–water partition coefficient (Wildman–Crippen LogP) is 3.66. The maximum Gasteiger partial charge on any atom is 0.405 e. The highest BCUT2D eigenvalue weighted by molar-refractivity contribution is 5.45. The molecule has 146 valence electrons. The zero-order valence-electron chi connectivity index (χ0n) is 14.9. The summed E-state index contributed by atoms with van der Waals surface area (Å²) in [6.45, 7) is 2.23. The van der Waals surface area contributed by atoms with Crippen LogP contribution in [-0.2, 0) is 0 Å². The third-order valence-corrected chi connectivity index (χ3v) is 4.61. The summed E-state index contributed by atoms with van der Waals surface area (Å²) in [5, 5.41) is 10.4. The van der Waals surface area contributed by atoms with E-state index in [2.05, 4.69) is 10.9 Å². The second kappa shape index (κ2) is 7.66. The fraction of sp³-hybridized carbons (Fsp3) is 0.368. The van der Waals surface area contributed by atoms with Gasteiger partial charge in [0.1, 0.15) is 23.3 Å². The second-order valence-corrected chi connectivity index (χ2v) is 6.24. The molecule has 27 heavy (non-hydrogen) atoms. The van der Waals surface area contributed by atoms with Crippen molar-refractivity contribution in [2.24, 2.45) is 0 Å². The van der Waals surface area contributed by atoms with Crippen LogP contribution >= 0.6 is 0 Å². The predicted molar refractivity (Wildman–Crippen MR) is 93.9 cm³/mol. The molecule has 0 amide bonds. The Morgan fingerprint density at radius 2 is 1.70 bits per heavy atom. The summed E-state index contributed by atoms with van der Waals surface area (Å²) in [6, 6.07) is 8.49. The lowest BCUT2D eigenvalue weighted by molar-refractivity contribution is -0.156. The number of ether oxygens (including phenoxy) is 2. The first kappa shape index (κ1) is 19.3. The average Bonchev–Trinajstić information content (AvgIpc) is 3.07. The van der Waals surface area contributed by atoms with E-state index >= 15 is 0 Å². The van der Waals surface area contributed by atoms with Crippen LogP contribution in [0.2, 0.25) is 0 Å². The van der Waals surface area contributed by atoms with Gasteiger partial charge in [0.2, 0.25) is 0 Å². The van der Waals surface area contributed by atoms with E-state index in [9.17, 15) is 18.3 Å². The van der Waals surface area contributed by atoms with Crippen LogP contribution in [0.1, 0.15) is 30.0 Å². The molecule has 3 N–H and O–H groups in total. The number of halogens is 3. The summed E-state index contributed by atoms with van der Waals surface area (Å²) in [6.07, 6.45) is -4.47. The van der Waals surface area contributed by atoms with Crippen LogP contribution in [-0.4, -0.2) is 31.0 Å². The van der Waals surface area contributed by atoms with Gasteiger partial charge in [-0.15, -0.1) is 0 Å². The van der Waals surface area contributed by atoms with E-state index in [4.69, 9.17) is 9.47 Å². The van der Waals surface area contributed by atoms with E-state index in [0.29, 0.717) is 29.2 Å². The highest BCUT2D eigenvalue weighted by Gasteiger charge is 2.52. The Balaban J connectivity index is 2.00. The lowest BCUT2D eigenvalue weighted by Gasteiger charge is -2.26. The summed E-state index contributed by atoms with van der Waals surface area (Å²) in [5.74, 6) is -0.0823. The number of aromatic hydroxyl groups is 1. The fourth-order valence-corrected chi connectivity index (χ4v) is 3.36. The molecule has 1 aliphatic heterocycles. The van der Waals surface area contributed by atoms with E-state index in [1.165, 1.54) is 13.2 Å². The molecule has 3 rings (SSSR count). The molecule has 3 unspecified atom stereocenters. The monoisotopic (exact) mass is 382 g/mol. The number of phenols is 1. The molecule has 2 aromatic carbocycles. The molecule has 1 aliphatic rings. The van der Waals surface area contributed by atoms with Crippen molar-refractivity contribution in [2.75, 3.05) is 13.7 Å². The molecule has 2 aromatic rings. The van der Waals surface area contributed by atoms with Gasteiger partial charge in [-0.1, -0.05) is 18.2 Å². The summed E-state index contributed by atoms with van der Waals surface area (Å²) < 4.78 is 51.2. The first-order chi connectivity index (χ1) is 12.8. The van der Waals surface area contributed by atoms with Crippen LogP contribution < -0.4 is 20.3 Å². The first-order valence-electron chi connectivity index (χ1n) is 8.52. The highest BCUT2D eigenvalue weighted by Crippen LogP contribution is 2.45. The Morgan fingerprint density at radius 3 is 2.26 bits per heavy atom. The van der Waals surface area contributed by atoms with Crippen LogP contribution in [0.15, 0.2) is 42.5 Å². The van der Waals surface area contributed by atoms with Gasteiger partial charge in [-0.05, 0) is 30.7 Å². The molecule has 3 atom stereocenters. The molecule has 0 spiro atoms. The van der Waals surface area contributed by atoms with Crippen molar-refractivity contribution in [1.82, 2.24) is 10.9 Å². The van der Waals surface area contributed by atoms with E-state index < -0.39 is 24.2 Å². The Labute approximate surface area is 155 Å². The molecule has 0 bridgehead atoms. The largest absolute Gasteiger partial charge is 0.507 e. The number of rotatable bonds is 5. The van der Waals surface area contributed by atoms with Gasteiger partial charge in [0, 0.05) is 17.5 Å². The molecule has 8 heteroatoms. The van der Waals surface area contributed by atoms with Crippen molar-refractivity contribution >= 4 is 0 Å². The van der Waals surface area contributed by atoms with Crippen LogP contribution in [0.4, 0.5) is 13.2 Å². The zero-order valence-corrected chi connectivity index (χ0v) is 14.9. The van der Waals surface area contributed by atoms with Crippen molar-refractivity contribution in [3.05, 3.63) is 53.6 Å². The molecule has 0 aromatic heterocycles. The van der Waals surface area contributed by atoms with Crippen LogP contribution in [0.3, 0.4) is 0 Å². The molecule has 1 fully saturated rings. The number of hydrazine groups is 1. The number of benzene rings is 2. The number of phenolic OH excluding ortho intramolecular Hbond substituents is 1. The van der Waals surface area contributed by atoms with E-state index in [1.807, 2.05) is 0 Å². The van der Waals surface area contributed by atoms with Gasteiger partial charge in [0.05, 0.1) is 19.8 Å². The van der Waals surface area contributed by atoms with Crippen LogP contribution in [0.5, 0.6) is 17.2 Å². The van der Waals surface area contributed by atoms with Gasteiger partial charge in [0.15, 0.2) is 0 Å². The SMILES string of the molecule is CCOc1ccc(C2NNC(C(F)(F)F)C2c2ccc(OC)cc2)c(O)c1. The van der Waals surface area contributed by atoms with Gasteiger partial charge in [-0.25, -0.2) is 10.9 Å². The summed E-state index contributed by atoms with van der Waals surface area (Å²) in [7, 11) is 1.49. The lowest BCUT2D eigenvalue weighted by atomic mass is 9.83. The molecule has 0 saturated carbocycles. The number of hydrogen-bond acceptors (Lipinski definition) is 5. The maximum absolute atomic E-state index is 13.6. The third kappa shape index (κ3) is 3.96.